The van der Waals surface area contributed by atoms with E-state index in [2.05, 4.69) is 5.10 Å². The highest BCUT2D eigenvalue weighted by Gasteiger charge is 2.54. The van der Waals surface area contributed by atoms with E-state index in [1.54, 1.807) is 18.7 Å². The van der Waals surface area contributed by atoms with Crippen LogP contribution in [0.5, 0.6) is 0 Å². The standard InChI is InChI=1S/C9H12Cl2N2O2S/c1-6-8(10)7(13(2)12-6)5-9(3-4-9)16(11,14)15/h3-5H2,1-2H3. The third-order valence-electron chi connectivity index (χ3n) is 3.08. The summed E-state index contributed by atoms with van der Waals surface area (Å²) in [5.41, 5.74) is 1.45. The highest BCUT2D eigenvalue weighted by Crippen LogP contribution is 2.48. The van der Waals surface area contributed by atoms with Gasteiger partial charge in [0.05, 0.1) is 21.2 Å². The van der Waals surface area contributed by atoms with Crippen molar-refractivity contribution in [1.82, 2.24) is 9.78 Å². The quantitative estimate of drug-likeness (QED) is 0.797. The van der Waals surface area contributed by atoms with Crippen molar-refractivity contribution in [2.45, 2.75) is 30.9 Å². The normalized spacial score (nSPS) is 18.8. The molecule has 0 bridgehead atoms. The SMILES string of the molecule is Cc1nn(C)c(CC2(S(=O)(=O)Cl)CC2)c1Cl. The Labute approximate surface area is 104 Å². The summed E-state index contributed by atoms with van der Waals surface area (Å²) in [6.45, 7) is 1.79. The second kappa shape index (κ2) is 3.62. The number of halogens is 2. The fourth-order valence-corrected chi connectivity index (χ4v) is 3.58. The van der Waals surface area contributed by atoms with Crippen molar-refractivity contribution in [1.29, 1.82) is 0 Å². The van der Waals surface area contributed by atoms with Gasteiger partial charge in [-0.1, -0.05) is 11.6 Å². The predicted molar refractivity (Wildman–Crippen MR) is 63.4 cm³/mol. The van der Waals surface area contributed by atoms with Crippen LogP contribution in [0.25, 0.3) is 0 Å². The lowest BCUT2D eigenvalue weighted by molar-refractivity contribution is 0.584. The topological polar surface area (TPSA) is 52.0 Å². The summed E-state index contributed by atoms with van der Waals surface area (Å²) < 4.78 is 23.7. The number of rotatable bonds is 3. The van der Waals surface area contributed by atoms with Crippen LogP contribution in [0.1, 0.15) is 24.2 Å². The van der Waals surface area contributed by atoms with Gasteiger partial charge in [-0.25, -0.2) is 8.42 Å². The lowest BCUT2D eigenvalue weighted by Crippen LogP contribution is -2.22. The molecule has 1 aromatic rings. The fraction of sp³-hybridized carbons (Fsp3) is 0.667. The molecule has 1 saturated carbocycles. The van der Waals surface area contributed by atoms with Crippen LogP contribution in [-0.4, -0.2) is 22.9 Å². The Bertz CT molecular complexity index is 532. The minimum absolute atomic E-state index is 0.342. The van der Waals surface area contributed by atoms with Gasteiger partial charge in [-0.2, -0.15) is 5.10 Å². The third kappa shape index (κ3) is 1.85. The van der Waals surface area contributed by atoms with E-state index in [4.69, 9.17) is 22.3 Å². The molecule has 1 aliphatic carbocycles. The van der Waals surface area contributed by atoms with Crippen LogP contribution in [0.2, 0.25) is 5.02 Å². The second-order valence-electron chi connectivity index (χ2n) is 4.27. The van der Waals surface area contributed by atoms with Gasteiger partial charge >= 0.3 is 0 Å². The first-order chi connectivity index (χ1) is 7.27. The first-order valence-corrected chi connectivity index (χ1v) is 7.58. The number of aryl methyl sites for hydroxylation is 2. The van der Waals surface area contributed by atoms with Crippen LogP contribution in [0, 0.1) is 6.92 Å². The Morgan fingerprint density at radius 1 is 1.50 bits per heavy atom. The van der Waals surface area contributed by atoms with Gasteiger partial charge in [-0.15, -0.1) is 0 Å². The summed E-state index contributed by atoms with van der Waals surface area (Å²) >= 11 is 6.08. The maximum Gasteiger partial charge on any atom is 0.238 e. The molecule has 2 rings (SSSR count). The molecule has 0 N–H and O–H groups in total. The van der Waals surface area contributed by atoms with Crippen molar-refractivity contribution in [2.24, 2.45) is 7.05 Å². The first kappa shape index (κ1) is 12.2. The fourth-order valence-electron chi connectivity index (χ4n) is 1.82. The molecule has 0 aliphatic heterocycles. The number of nitrogens with zero attached hydrogens (tertiary/aromatic N) is 2. The molecular formula is C9H12Cl2N2O2S. The zero-order valence-electron chi connectivity index (χ0n) is 9.00. The van der Waals surface area contributed by atoms with Crippen molar-refractivity contribution >= 4 is 31.3 Å². The van der Waals surface area contributed by atoms with Crippen LogP contribution >= 0.6 is 22.3 Å². The average Bonchev–Trinajstić information content (AvgIpc) is 2.87. The molecular weight excluding hydrogens is 271 g/mol. The summed E-state index contributed by atoms with van der Waals surface area (Å²) in [5.74, 6) is 0. The van der Waals surface area contributed by atoms with E-state index >= 15 is 0 Å². The maximum atomic E-state index is 11.4. The number of hydrogen-bond donors (Lipinski definition) is 0. The zero-order chi connectivity index (χ0) is 12.1. The van der Waals surface area contributed by atoms with Crippen molar-refractivity contribution in [2.75, 3.05) is 0 Å². The summed E-state index contributed by atoms with van der Waals surface area (Å²) in [6.07, 6.45) is 1.54. The van der Waals surface area contributed by atoms with Gasteiger partial charge < -0.3 is 0 Å². The minimum atomic E-state index is -3.54. The van der Waals surface area contributed by atoms with Gasteiger partial charge in [0.25, 0.3) is 0 Å². The molecule has 0 atom stereocenters. The largest absolute Gasteiger partial charge is 0.271 e. The Balaban J connectivity index is 2.36. The monoisotopic (exact) mass is 282 g/mol. The molecule has 1 fully saturated rings. The smallest absolute Gasteiger partial charge is 0.238 e. The lowest BCUT2D eigenvalue weighted by Gasteiger charge is -2.11. The third-order valence-corrected chi connectivity index (χ3v) is 6.14. The molecule has 7 heteroatoms. The Morgan fingerprint density at radius 2 is 2.06 bits per heavy atom. The van der Waals surface area contributed by atoms with Crippen LogP contribution in [0.4, 0.5) is 0 Å². The van der Waals surface area contributed by atoms with E-state index in [0.717, 1.165) is 5.69 Å². The summed E-state index contributed by atoms with van der Waals surface area (Å²) in [4.78, 5) is 0. The molecule has 4 nitrogen and oxygen atoms in total. The molecule has 0 aromatic carbocycles. The second-order valence-corrected chi connectivity index (χ2v) is 7.61. The lowest BCUT2D eigenvalue weighted by atomic mass is 10.2. The van der Waals surface area contributed by atoms with Gasteiger partial charge in [0.1, 0.15) is 0 Å². The molecule has 0 saturated heterocycles. The molecule has 0 spiro atoms. The van der Waals surface area contributed by atoms with Crippen molar-refractivity contribution in [3.8, 4) is 0 Å². The molecule has 90 valence electrons. The molecule has 1 aromatic heterocycles. The zero-order valence-corrected chi connectivity index (χ0v) is 11.3. The van der Waals surface area contributed by atoms with Gasteiger partial charge in [0.15, 0.2) is 0 Å². The average molecular weight is 283 g/mol. The molecule has 1 aliphatic rings. The number of hydrogen-bond acceptors (Lipinski definition) is 3. The van der Waals surface area contributed by atoms with Gasteiger partial charge in [0.2, 0.25) is 9.05 Å². The van der Waals surface area contributed by atoms with Crippen molar-refractivity contribution in [3.05, 3.63) is 16.4 Å². The van der Waals surface area contributed by atoms with Crippen molar-refractivity contribution < 1.29 is 8.42 Å². The molecule has 0 unspecified atom stereocenters. The Kier molecular flexibility index (Phi) is 2.76. The van der Waals surface area contributed by atoms with Crippen LogP contribution in [0.15, 0.2) is 0 Å². The number of aromatic nitrogens is 2. The minimum Gasteiger partial charge on any atom is -0.271 e. The van der Waals surface area contributed by atoms with Gasteiger partial charge in [0, 0.05) is 24.2 Å². The highest BCUT2D eigenvalue weighted by molar-refractivity contribution is 8.15. The van der Waals surface area contributed by atoms with Crippen LogP contribution in [0.3, 0.4) is 0 Å². The summed E-state index contributed by atoms with van der Waals surface area (Å²) in [6, 6.07) is 0. The summed E-state index contributed by atoms with van der Waals surface area (Å²) in [7, 11) is 3.66. The van der Waals surface area contributed by atoms with E-state index in [9.17, 15) is 8.42 Å². The first-order valence-electron chi connectivity index (χ1n) is 4.89. The summed E-state index contributed by atoms with van der Waals surface area (Å²) in [5, 5.41) is 4.69. The van der Waals surface area contributed by atoms with Crippen LogP contribution < -0.4 is 0 Å². The van der Waals surface area contributed by atoms with E-state index in [0.29, 0.717) is 30.0 Å². The van der Waals surface area contributed by atoms with Crippen LogP contribution in [-0.2, 0) is 22.5 Å². The Morgan fingerprint density at radius 3 is 2.38 bits per heavy atom. The Hall–Kier alpha value is -0.260. The van der Waals surface area contributed by atoms with Gasteiger partial charge in [-0.3, -0.25) is 4.68 Å². The van der Waals surface area contributed by atoms with E-state index in [1.807, 2.05) is 0 Å². The molecule has 1 heterocycles. The van der Waals surface area contributed by atoms with E-state index < -0.39 is 13.8 Å². The molecule has 0 amide bonds. The van der Waals surface area contributed by atoms with E-state index in [1.165, 1.54) is 0 Å². The molecule has 0 radical (unpaired) electrons. The predicted octanol–water partition coefficient (Wildman–Crippen LogP) is 2.03. The molecule has 16 heavy (non-hydrogen) atoms. The van der Waals surface area contributed by atoms with Gasteiger partial charge in [-0.05, 0) is 19.8 Å². The van der Waals surface area contributed by atoms with Crippen molar-refractivity contribution in [3.63, 3.8) is 0 Å². The highest BCUT2D eigenvalue weighted by atomic mass is 35.7. The maximum absolute atomic E-state index is 11.4. The van der Waals surface area contributed by atoms with E-state index in [-0.39, 0.29) is 0 Å².